The second-order valence-corrected chi connectivity index (χ2v) is 9.31. The number of carboxylic acids is 1. The number of sulfone groups is 1. The van der Waals surface area contributed by atoms with Crippen LogP contribution in [0.3, 0.4) is 0 Å². The third-order valence-electron chi connectivity index (χ3n) is 4.84. The van der Waals surface area contributed by atoms with E-state index in [2.05, 4.69) is 10.1 Å². The first-order valence-corrected chi connectivity index (χ1v) is 11.5. The lowest BCUT2D eigenvalue weighted by molar-refractivity contribution is -0.134. The molecule has 0 fully saturated rings. The molecule has 0 unspecified atom stereocenters. The van der Waals surface area contributed by atoms with Crippen LogP contribution in [-0.2, 0) is 32.3 Å². The molecule has 1 amide bonds. The van der Waals surface area contributed by atoms with Crippen LogP contribution in [-0.4, -0.2) is 59.0 Å². The Morgan fingerprint density at radius 1 is 1.12 bits per heavy atom. The van der Waals surface area contributed by atoms with Crippen LogP contribution in [0.2, 0.25) is 0 Å². The highest BCUT2D eigenvalue weighted by molar-refractivity contribution is 7.91. The highest BCUT2D eigenvalue weighted by atomic mass is 32.2. The monoisotopic (exact) mass is 460 g/mol. The number of benzene rings is 1. The van der Waals surface area contributed by atoms with Gasteiger partial charge in [-0.05, 0) is 32.4 Å². The molecule has 9 nitrogen and oxygen atoms in total. The van der Waals surface area contributed by atoms with Crippen LogP contribution >= 0.6 is 0 Å². The lowest BCUT2D eigenvalue weighted by Crippen LogP contribution is -2.25. The minimum Gasteiger partial charge on any atom is -0.481 e. The molecule has 2 heterocycles. The Morgan fingerprint density at radius 3 is 2.19 bits per heavy atom. The van der Waals surface area contributed by atoms with E-state index in [1.165, 1.54) is 4.90 Å². The Bertz CT molecular complexity index is 1240. The van der Waals surface area contributed by atoms with Crippen molar-refractivity contribution >= 4 is 27.4 Å². The number of rotatable bonds is 5. The SMILES string of the molecule is CC(=O)O.CCc1nn2c(C)c(CC(=O)N(C)C)c(C)nc2c1S(=O)(=O)c1ccccc1. The maximum absolute atomic E-state index is 13.3. The molecule has 3 rings (SSSR count). The van der Waals surface area contributed by atoms with Crippen LogP contribution in [0.4, 0.5) is 0 Å². The van der Waals surface area contributed by atoms with Crippen molar-refractivity contribution in [2.45, 2.75) is 50.3 Å². The summed E-state index contributed by atoms with van der Waals surface area (Å²) in [5, 5.41) is 11.9. The second kappa shape index (κ2) is 9.90. The molecular formula is C22H28N4O5S. The van der Waals surface area contributed by atoms with E-state index in [9.17, 15) is 13.2 Å². The Hall–Kier alpha value is -3.27. The van der Waals surface area contributed by atoms with Gasteiger partial charge in [0.05, 0.1) is 17.0 Å². The third-order valence-corrected chi connectivity index (χ3v) is 6.68. The predicted molar refractivity (Wildman–Crippen MR) is 119 cm³/mol. The van der Waals surface area contributed by atoms with Crippen molar-refractivity contribution in [2.75, 3.05) is 14.1 Å². The first-order chi connectivity index (χ1) is 14.9. The van der Waals surface area contributed by atoms with E-state index in [1.54, 1.807) is 55.9 Å². The van der Waals surface area contributed by atoms with Crippen LogP contribution in [0.1, 0.15) is 36.5 Å². The Labute approximate surface area is 187 Å². The summed E-state index contributed by atoms with van der Waals surface area (Å²) in [4.78, 5) is 27.6. The molecule has 10 heteroatoms. The zero-order valence-corrected chi connectivity index (χ0v) is 19.9. The van der Waals surface area contributed by atoms with Crippen LogP contribution in [0.15, 0.2) is 40.1 Å². The molecule has 0 aliphatic rings. The topological polar surface area (TPSA) is 122 Å². The molecule has 0 spiro atoms. The lowest BCUT2D eigenvalue weighted by Gasteiger charge is -2.14. The summed E-state index contributed by atoms with van der Waals surface area (Å²) in [6, 6.07) is 8.30. The van der Waals surface area contributed by atoms with Gasteiger partial charge in [0.1, 0.15) is 4.90 Å². The fraction of sp³-hybridized carbons (Fsp3) is 0.364. The Balaban J connectivity index is 0.000000837. The standard InChI is InChI=1S/C20H24N4O3S.C2H4O2/c1-6-17-19(28(26,27)15-10-8-7-9-11-15)20-21-13(2)16(12-18(25)23(4)5)14(3)24(20)22-17;1-2(3)4/h7-11H,6,12H2,1-5H3;1H3,(H,3,4). The van der Waals surface area contributed by atoms with Gasteiger partial charge in [-0.3, -0.25) is 9.59 Å². The molecule has 3 aromatic rings. The van der Waals surface area contributed by atoms with E-state index in [-0.39, 0.29) is 22.1 Å². The van der Waals surface area contributed by atoms with E-state index < -0.39 is 15.8 Å². The molecule has 0 saturated heterocycles. The van der Waals surface area contributed by atoms with Crippen molar-refractivity contribution in [3.05, 3.63) is 53.0 Å². The number of aryl methyl sites for hydroxylation is 3. The zero-order valence-electron chi connectivity index (χ0n) is 19.1. The van der Waals surface area contributed by atoms with E-state index >= 15 is 0 Å². The van der Waals surface area contributed by atoms with E-state index in [1.807, 2.05) is 13.8 Å². The van der Waals surface area contributed by atoms with Crippen molar-refractivity contribution in [3.63, 3.8) is 0 Å². The molecule has 0 aliphatic carbocycles. The van der Waals surface area contributed by atoms with Crippen molar-refractivity contribution in [2.24, 2.45) is 0 Å². The van der Waals surface area contributed by atoms with Crippen molar-refractivity contribution in [1.29, 1.82) is 0 Å². The number of aromatic nitrogens is 3. The number of aliphatic carboxylic acids is 1. The number of amides is 1. The van der Waals surface area contributed by atoms with Gasteiger partial charge >= 0.3 is 0 Å². The highest BCUT2D eigenvalue weighted by Gasteiger charge is 2.29. The van der Waals surface area contributed by atoms with Gasteiger partial charge in [-0.2, -0.15) is 5.10 Å². The van der Waals surface area contributed by atoms with Gasteiger partial charge < -0.3 is 10.0 Å². The summed E-state index contributed by atoms with van der Waals surface area (Å²) in [6.07, 6.45) is 0.644. The van der Waals surface area contributed by atoms with Crippen LogP contribution in [0.5, 0.6) is 0 Å². The van der Waals surface area contributed by atoms with Crippen molar-refractivity contribution in [1.82, 2.24) is 19.5 Å². The van der Waals surface area contributed by atoms with Gasteiger partial charge in [0.2, 0.25) is 15.7 Å². The summed E-state index contributed by atoms with van der Waals surface area (Å²) in [6.45, 7) is 6.58. The molecular weight excluding hydrogens is 432 g/mol. The summed E-state index contributed by atoms with van der Waals surface area (Å²) in [7, 11) is -0.367. The number of carbonyl (C=O) groups excluding carboxylic acids is 1. The first kappa shape index (κ1) is 25.0. The van der Waals surface area contributed by atoms with Crippen LogP contribution in [0.25, 0.3) is 5.65 Å². The van der Waals surface area contributed by atoms with E-state index in [0.29, 0.717) is 23.5 Å². The maximum atomic E-state index is 13.3. The first-order valence-electron chi connectivity index (χ1n) is 9.99. The van der Waals surface area contributed by atoms with Crippen molar-refractivity contribution in [3.8, 4) is 0 Å². The fourth-order valence-corrected chi connectivity index (χ4v) is 4.79. The summed E-state index contributed by atoms with van der Waals surface area (Å²) in [5.41, 5.74) is 2.89. The van der Waals surface area contributed by atoms with Crippen LogP contribution in [0, 0.1) is 13.8 Å². The van der Waals surface area contributed by atoms with E-state index in [0.717, 1.165) is 18.2 Å². The number of hydrogen-bond donors (Lipinski definition) is 1. The minimum atomic E-state index is -3.77. The molecule has 1 N–H and O–H groups in total. The number of carboxylic acid groups (broad SMARTS) is 1. The quantitative estimate of drug-likeness (QED) is 0.620. The molecule has 0 aliphatic heterocycles. The third kappa shape index (κ3) is 5.13. The number of fused-ring (bicyclic) bond motifs is 1. The van der Waals surface area contributed by atoms with Gasteiger partial charge in [-0.25, -0.2) is 17.9 Å². The molecule has 0 atom stereocenters. The maximum Gasteiger partial charge on any atom is 0.300 e. The molecule has 0 saturated carbocycles. The summed E-state index contributed by atoms with van der Waals surface area (Å²) in [5.74, 6) is -0.882. The van der Waals surface area contributed by atoms with Gasteiger partial charge in [0, 0.05) is 38.0 Å². The smallest absolute Gasteiger partial charge is 0.300 e. The molecule has 2 aromatic heterocycles. The number of carbonyl (C=O) groups is 2. The molecule has 0 bridgehead atoms. The van der Waals surface area contributed by atoms with E-state index in [4.69, 9.17) is 9.90 Å². The van der Waals surface area contributed by atoms with Crippen LogP contribution < -0.4 is 0 Å². The second-order valence-electron chi connectivity index (χ2n) is 7.43. The number of nitrogens with zero attached hydrogens (tertiary/aromatic N) is 4. The molecule has 1 aromatic carbocycles. The minimum absolute atomic E-state index is 0.0487. The number of hydrogen-bond acceptors (Lipinski definition) is 6. The van der Waals surface area contributed by atoms with Gasteiger partial charge in [0.15, 0.2) is 5.65 Å². The van der Waals surface area contributed by atoms with Gasteiger partial charge in [-0.15, -0.1) is 0 Å². The predicted octanol–water partition coefficient (Wildman–Crippen LogP) is 2.46. The summed E-state index contributed by atoms with van der Waals surface area (Å²) < 4.78 is 28.2. The molecule has 172 valence electrons. The largest absolute Gasteiger partial charge is 0.481 e. The number of likely N-dealkylation sites (N-methyl/N-ethyl adjacent to an activating group) is 1. The van der Waals surface area contributed by atoms with Gasteiger partial charge in [-0.1, -0.05) is 25.1 Å². The fourth-order valence-electron chi connectivity index (χ4n) is 3.18. The average molecular weight is 461 g/mol. The molecule has 0 radical (unpaired) electrons. The zero-order chi connectivity index (χ0) is 24.2. The van der Waals surface area contributed by atoms with Crippen molar-refractivity contribution < 1.29 is 23.1 Å². The van der Waals surface area contributed by atoms with Gasteiger partial charge in [0.25, 0.3) is 5.97 Å². The highest BCUT2D eigenvalue weighted by Crippen LogP contribution is 2.29. The average Bonchev–Trinajstić information content (AvgIpc) is 3.10. The normalized spacial score (nSPS) is 11.1. The Morgan fingerprint density at radius 2 is 1.69 bits per heavy atom. The summed E-state index contributed by atoms with van der Waals surface area (Å²) >= 11 is 0. The lowest BCUT2D eigenvalue weighted by atomic mass is 10.1. The Kier molecular flexibility index (Phi) is 7.73. The molecule has 32 heavy (non-hydrogen) atoms.